The Balaban J connectivity index is 2.12. The van der Waals surface area contributed by atoms with Crippen molar-refractivity contribution in [1.29, 1.82) is 0 Å². The van der Waals surface area contributed by atoms with Gasteiger partial charge in [0.2, 0.25) is 0 Å². The van der Waals surface area contributed by atoms with Crippen LogP contribution in [0.2, 0.25) is 0 Å². The fraction of sp³-hybridized carbons (Fsp3) is 0.333. The van der Waals surface area contributed by atoms with Crippen molar-refractivity contribution in [3.05, 3.63) is 29.2 Å². The highest BCUT2D eigenvalue weighted by Crippen LogP contribution is 2.34. The molecule has 1 aliphatic rings. The highest BCUT2D eigenvalue weighted by atomic mass is 32.2. The van der Waals surface area contributed by atoms with Gasteiger partial charge in [0.25, 0.3) is 0 Å². The van der Waals surface area contributed by atoms with E-state index in [1.54, 1.807) is 0 Å². The maximum atomic E-state index is 5.57. The molecule has 0 radical (unpaired) electrons. The zero-order valence-corrected chi connectivity index (χ0v) is 10.6. The lowest BCUT2D eigenvalue weighted by Gasteiger charge is -2.07. The normalized spacial score (nSPS) is 13.8. The summed E-state index contributed by atoms with van der Waals surface area (Å²) in [6.45, 7) is 1.92. The van der Waals surface area contributed by atoms with Crippen LogP contribution in [0.15, 0.2) is 16.5 Å². The second kappa shape index (κ2) is 4.07. The third-order valence-corrected chi connectivity index (χ3v) is 3.75. The smallest absolute Gasteiger partial charge is 0.197 e. The number of thioether (sulfide) groups is 1. The first-order valence-corrected chi connectivity index (χ1v) is 6.65. The predicted molar refractivity (Wildman–Crippen MR) is 69.0 cm³/mol. The molecule has 0 spiro atoms. The predicted octanol–water partition coefficient (Wildman–Crippen LogP) is 2.83. The Hall–Kier alpha value is -1.49. The van der Waals surface area contributed by atoms with Crippen LogP contribution in [0.1, 0.15) is 17.0 Å². The van der Waals surface area contributed by atoms with E-state index in [4.69, 9.17) is 4.42 Å². The Bertz CT molecular complexity index is 565. The Morgan fingerprint density at radius 3 is 2.88 bits per heavy atom. The van der Waals surface area contributed by atoms with E-state index in [0.717, 1.165) is 34.5 Å². The summed E-state index contributed by atoms with van der Waals surface area (Å²) in [5.41, 5.74) is 2.35. The maximum Gasteiger partial charge on any atom is 0.197 e. The molecular weight excluding hydrogens is 234 g/mol. The van der Waals surface area contributed by atoms with Crippen LogP contribution in [0.5, 0.6) is 0 Å². The summed E-state index contributed by atoms with van der Waals surface area (Å²) in [5.74, 6) is 5.15. The summed E-state index contributed by atoms with van der Waals surface area (Å²) in [6, 6.07) is 3.85. The fourth-order valence-corrected chi connectivity index (χ4v) is 2.96. The first-order valence-electron chi connectivity index (χ1n) is 5.50. The van der Waals surface area contributed by atoms with Crippen LogP contribution < -0.4 is 5.32 Å². The van der Waals surface area contributed by atoms with Crippen LogP contribution in [0.3, 0.4) is 0 Å². The molecule has 0 aromatic carbocycles. The van der Waals surface area contributed by atoms with Crippen molar-refractivity contribution in [2.24, 2.45) is 0 Å². The summed E-state index contributed by atoms with van der Waals surface area (Å²) in [5, 5.41) is 3.14. The van der Waals surface area contributed by atoms with Gasteiger partial charge in [-0.2, -0.15) is 11.8 Å². The van der Waals surface area contributed by atoms with Crippen LogP contribution in [0, 0.1) is 6.92 Å². The minimum absolute atomic E-state index is 0.670. The first kappa shape index (κ1) is 10.7. The lowest BCUT2D eigenvalue weighted by molar-refractivity contribution is 0.544. The van der Waals surface area contributed by atoms with Gasteiger partial charge >= 0.3 is 0 Å². The van der Waals surface area contributed by atoms with Crippen LogP contribution in [0.25, 0.3) is 11.6 Å². The molecule has 0 amide bonds. The number of hydrogen-bond donors (Lipinski definition) is 1. The van der Waals surface area contributed by atoms with Gasteiger partial charge in [-0.15, -0.1) is 0 Å². The number of hydrogen-bond acceptors (Lipinski definition) is 5. The molecule has 0 unspecified atom stereocenters. The molecule has 1 N–H and O–H groups in total. The second-order valence-electron chi connectivity index (χ2n) is 3.97. The Morgan fingerprint density at radius 1 is 1.29 bits per heavy atom. The van der Waals surface area contributed by atoms with Gasteiger partial charge in [0.1, 0.15) is 11.6 Å². The van der Waals surface area contributed by atoms with Gasteiger partial charge in [0.05, 0.1) is 5.69 Å². The average molecular weight is 247 g/mol. The zero-order chi connectivity index (χ0) is 11.8. The first-order chi connectivity index (χ1) is 8.28. The van der Waals surface area contributed by atoms with E-state index >= 15 is 0 Å². The molecule has 3 heterocycles. The van der Waals surface area contributed by atoms with Crippen molar-refractivity contribution < 1.29 is 4.42 Å². The molecule has 4 nitrogen and oxygen atoms in total. The molecule has 0 aliphatic carbocycles. The molecule has 17 heavy (non-hydrogen) atoms. The molecule has 2 aromatic heterocycles. The van der Waals surface area contributed by atoms with Crippen molar-refractivity contribution in [1.82, 2.24) is 9.97 Å². The summed E-state index contributed by atoms with van der Waals surface area (Å²) in [7, 11) is 1.89. The van der Waals surface area contributed by atoms with Gasteiger partial charge in [-0.1, -0.05) is 0 Å². The van der Waals surface area contributed by atoms with E-state index in [-0.39, 0.29) is 0 Å². The third kappa shape index (κ3) is 1.80. The standard InChI is InChI=1S/C12H13N3OS/c1-7-3-4-10(16-7)12-14-9-6-17-5-8(9)11(13-2)15-12/h3-4H,5-6H2,1-2H3,(H,13,14,15). The quantitative estimate of drug-likeness (QED) is 0.884. The van der Waals surface area contributed by atoms with Gasteiger partial charge in [-0.05, 0) is 19.1 Å². The molecule has 1 aliphatic heterocycles. The van der Waals surface area contributed by atoms with E-state index in [2.05, 4.69) is 15.3 Å². The average Bonchev–Trinajstić information content (AvgIpc) is 2.95. The monoisotopic (exact) mass is 247 g/mol. The van der Waals surface area contributed by atoms with Gasteiger partial charge in [0, 0.05) is 24.1 Å². The number of nitrogens with one attached hydrogen (secondary N) is 1. The van der Waals surface area contributed by atoms with Crippen molar-refractivity contribution in [2.75, 3.05) is 12.4 Å². The van der Waals surface area contributed by atoms with Crippen molar-refractivity contribution in [3.63, 3.8) is 0 Å². The molecule has 5 heteroatoms. The largest absolute Gasteiger partial charge is 0.458 e. The molecule has 0 fully saturated rings. The Kier molecular flexibility index (Phi) is 2.55. The topological polar surface area (TPSA) is 51.0 Å². The van der Waals surface area contributed by atoms with E-state index in [9.17, 15) is 0 Å². The highest BCUT2D eigenvalue weighted by molar-refractivity contribution is 7.98. The van der Waals surface area contributed by atoms with Gasteiger partial charge in [-0.25, -0.2) is 9.97 Å². The molecular formula is C12H13N3OS. The van der Waals surface area contributed by atoms with Crippen molar-refractivity contribution in [2.45, 2.75) is 18.4 Å². The van der Waals surface area contributed by atoms with E-state index in [1.165, 1.54) is 5.56 Å². The fourth-order valence-electron chi connectivity index (χ4n) is 1.92. The number of rotatable bonds is 2. The molecule has 2 aromatic rings. The number of fused-ring (bicyclic) bond motifs is 1. The van der Waals surface area contributed by atoms with Crippen molar-refractivity contribution >= 4 is 17.6 Å². The van der Waals surface area contributed by atoms with Crippen LogP contribution in [0.4, 0.5) is 5.82 Å². The molecule has 0 saturated carbocycles. The number of nitrogens with zero attached hydrogens (tertiary/aromatic N) is 2. The minimum atomic E-state index is 0.670. The van der Waals surface area contributed by atoms with Crippen molar-refractivity contribution in [3.8, 4) is 11.6 Å². The minimum Gasteiger partial charge on any atom is -0.458 e. The number of aromatic nitrogens is 2. The second-order valence-corrected chi connectivity index (χ2v) is 4.96. The number of furan rings is 1. The summed E-state index contributed by atoms with van der Waals surface area (Å²) in [6.07, 6.45) is 0. The van der Waals surface area contributed by atoms with E-state index in [0.29, 0.717) is 5.82 Å². The van der Waals surface area contributed by atoms with Gasteiger partial charge in [-0.3, -0.25) is 0 Å². The molecule has 3 rings (SSSR count). The van der Waals surface area contributed by atoms with Crippen LogP contribution >= 0.6 is 11.8 Å². The van der Waals surface area contributed by atoms with E-state index < -0.39 is 0 Å². The molecule has 0 atom stereocenters. The van der Waals surface area contributed by atoms with Crippen LogP contribution in [-0.2, 0) is 11.5 Å². The van der Waals surface area contributed by atoms with Crippen LogP contribution in [-0.4, -0.2) is 17.0 Å². The summed E-state index contributed by atoms with van der Waals surface area (Å²) >= 11 is 1.87. The Labute approximate surface area is 104 Å². The third-order valence-electron chi connectivity index (χ3n) is 2.78. The maximum absolute atomic E-state index is 5.57. The SMILES string of the molecule is CNc1nc(-c2ccc(C)o2)nc2c1CSC2. The lowest BCUT2D eigenvalue weighted by atomic mass is 10.2. The van der Waals surface area contributed by atoms with Gasteiger partial charge < -0.3 is 9.73 Å². The van der Waals surface area contributed by atoms with E-state index in [1.807, 2.05) is 37.9 Å². The molecule has 0 saturated heterocycles. The lowest BCUT2D eigenvalue weighted by Crippen LogP contribution is -2.02. The van der Waals surface area contributed by atoms with Gasteiger partial charge in [0.15, 0.2) is 11.6 Å². The number of aryl methyl sites for hydroxylation is 1. The Morgan fingerprint density at radius 2 is 2.18 bits per heavy atom. The summed E-state index contributed by atoms with van der Waals surface area (Å²) < 4.78 is 5.57. The molecule has 88 valence electrons. The number of anilines is 1. The molecule has 0 bridgehead atoms. The zero-order valence-electron chi connectivity index (χ0n) is 9.78. The summed E-state index contributed by atoms with van der Waals surface area (Å²) in [4.78, 5) is 9.10. The highest BCUT2D eigenvalue weighted by Gasteiger charge is 2.20.